The van der Waals surface area contributed by atoms with E-state index in [0.717, 1.165) is 5.76 Å². The Labute approximate surface area is 73.4 Å². The highest BCUT2D eigenvalue weighted by Crippen LogP contribution is 2.14. The highest BCUT2D eigenvalue weighted by atomic mass is 16.5. The molecule has 0 atom stereocenters. The molecular weight excluding hydrogens is 154 g/mol. The second kappa shape index (κ2) is 5.77. The number of aliphatic hydroxyl groups is 1. The van der Waals surface area contributed by atoms with Crippen LogP contribution in [0, 0.1) is 0 Å². The summed E-state index contributed by atoms with van der Waals surface area (Å²) in [4.78, 5) is 0. The molecule has 1 rings (SSSR count). The van der Waals surface area contributed by atoms with Crippen LogP contribution in [0.25, 0.3) is 0 Å². The van der Waals surface area contributed by atoms with Gasteiger partial charge in [-0.25, -0.2) is 0 Å². The largest absolute Gasteiger partial charge is 0.390 e. The Morgan fingerprint density at radius 1 is 1.50 bits per heavy atom. The first-order valence-corrected chi connectivity index (χ1v) is 4.30. The second-order valence-corrected chi connectivity index (χ2v) is 2.53. The molecule has 70 valence electrons. The minimum absolute atomic E-state index is 0.0454. The summed E-state index contributed by atoms with van der Waals surface area (Å²) in [5.74, 6) is 1.16. The molecule has 0 aromatic carbocycles. The Bertz CT molecular complexity index is 206. The molecule has 1 aromatic heterocycles. The molecule has 0 bridgehead atoms. The summed E-state index contributed by atoms with van der Waals surface area (Å²) in [5, 5.41) is 12.2. The van der Waals surface area contributed by atoms with E-state index in [1.165, 1.54) is 0 Å². The summed E-state index contributed by atoms with van der Waals surface area (Å²) >= 11 is 0. The number of aromatic nitrogens is 1. The predicted molar refractivity (Wildman–Crippen MR) is 47.9 cm³/mol. The van der Waals surface area contributed by atoms with Crippen molar-refractivity contribution >= 4 is 0 Å². The van der Waals surface area contributed by atoms with Crippen LogP contribution in [0.5, 0.6) is 0 Å². The first-order chi connectivity index (χ1) is 5.74. The molecule has 3 heteroatoms. The van der Waals surface area contributed by atoms with E-state index in [9.17, 15) is 0 Å². The Kier molecular flexibility index (Phi) is 5.37. The van der Waals surface area contributed by atoms with Crippen molar-refractivity contribution in [3.63, 3.8) is 0 Å². The van der Waals surface area contributed by atoms with Gasteiger partial charge in [-0.15, -0.1) is 0 Å². The van der Waals surface area contributed by atoms with Crippen molar-refractivity contribution in [2.75, 3.05) is 0 Å². The zero-order chi connectivity index (χ0) is 9.56. The minimum Gasteiger partial charge on any atom is -0.390 e. The minimum atomic E-state index is -0.0454. The van der Waals surface area contributed by atoms with Gasteiger partial charge < -0.3 is 9.63 Å². The van der Waals surface area contributed by atoms with E-state index in [1.807, 2.05) is 27.7 Å². The zero-order valence-corrected chi connectivity index (χ0v) is 8.16. The average molecular weight is 171 g/mol. The lowest BCUT2D eigenvalue weighted by atomic mass is 10.1. The van der Waals surface area contributed by atoms with E-state index in [0.29, 0.717) is 11.6 Å². The van der Waals surface area contributed by atoms with Gasteiger partial charge in [0.05, 0.1) is 6.61 Å². The summed E-state index contributed by atoms with van der Waals surface area (Å²) in [6.45, 7) is 7.99. The van der Waals surface area contributed by atoms with Gasteiger partial charge in [0, 0.05) is 12.0 Å². The van der Waals surface area contributed by atoms with E-state index >= 15 is 0 Å². The molecule has 0 amide bonds. The summed E-state index contributed by atoms with van der Waals surface area (Å²) in [5.41, 5.74) is 0.601. The average Bonchev–Trinajstić information content (AvgIpc) is 2.55. The first kappa shape index (κ1) is 11.2. The Morgan fingerprint density at radius 3 is 2.33 bits per heavy atom. The lowest BCUT2D eigenvalue weighted by Gasteiger charge is -1.93. The zero-order valence-electron chi connectivity index (χ0n) is 8.16. The molecule has 1 heterocycles. The molecule has 0 radical (unpaired) electrons. The first-order valence-electron chi connectivity index (χ1n) is 4.30. The van der Waals surface area contributed by atoms with Crippen molar-refractivity contribution in [1.82, 2.24) is 5.16 Å². The standard InChI is InChI=1S/C7H11NO2.C2H6/c1-5(2)7-3-6(4-9)8-10-7;1-2/h3,5,9H,4H2,1-2H3;1-2H3. The summed E-state index contributed by atoms with van der Waals surface area (Å²) in [6.07, 6.45) is 0. The maximum absolute atomic E-state index is 8.61. The summed E-state index contributed by atoms with van der Waals surface area (Å²) in [6, 6.07) is 1.77. The number of aliphatic hydroxyl groups excluding tert-OH is 1. The van der Waals surface area contributed by atoms with E-state index in [4.69, 9.17) is 9.63 Å². The number of rotatable bonds is 2. The Morgan fingerprint density at radius 2 is 2.08 bits per heavy atom. The van der Waals surface area contributed by atoms with Crippen LogP contribution in [-0.2, 0) is 6.61 Å². The van der Waals surface area contributed by atoms with Gasteiger partial charge in [0.25, 0.3) is 0 Å². The van der Waals surface area contributed by atoms with Crippen molar-refractivity contribution < 1.29 is 9.63 Å². The molecule has 1 aromatic rings. The van der Waals surface area contributed by atoms with Gasteiger partial charge in [-0.05, 0) is 0 Å². The Hall–Kier alpha value is -0.830. The number of hydrogen-bond donors (Lipinski definition) is 1. The van der Waals surface area contributed by atoms with E-state index in [-0.39, 0.29) is 6.61 Å². The van der Waals surface area contributed by atoms with Gasteiger partial charge in [-0.1, -0.05) is 32.9 Å². The molecule has 0 aliphatic heterocycles. The second-order valence-electron chi connectivity index (χ2n) is 2.53. The van der Waals surface area contributed by atoms with Crippen LogP contribution >= 0.6 is 0 Å². The third-order valence-electron chi connectivity index (χ3n) is 1.31. The fraction of sp³-hybridized carbons (Fsp3) is 0.667. The molecule has 0 spiro atoms. The molecule has 3 nitrogen and oxygen atoms in total. The van der Waals surface area contributed by atoms with Crippen LogP contribution < -0.4 is 0 Å². The van der Waals surface area contributed by atoms with Gasteiger partial charge in [-0.3, -0.25) is 0 Å². The lowest BCUT2D eigenvalue weighted by Crippen LogP contribution is -1.81. The molecule has 0 aliphatic carbocycles. The highest BCUT2D eigenvalue weighted by molar-refractivity contribution is 5.07. The molecule has 0 aliphatic rings. The normalized spacial score (nSPS) is 9.50. The quantitative estimate of drug-likeness (QED) is 0.742. The topological polar surface area (TPSA) is 46.3 Å². The van der Waals surface area contributed by atoms with Crippen molar-refractivity contribution in [2.45, 2.75) is 40.2 Å². The fourth-order valence-electron chi connectivity index (χ4n) is 0.675. The van der Waals surface area contributed by atoms with E-state index in [1.54, 1.807) is 6.07 Å². The van der Waals surface area contributed by atoms with Crippen LogP contribution in [-0.4, -0.2) is 10.3 Å². The predicted octanol–water partition coefficient (Wildman–Crippen LogP) is 2.32. The van der Waals surface area contributed by atoms with Crippen molar-refractivity contribution in [2.24, 2.45) is 0 Å². The maximum atomic E-state index is 8.61. The van der Waals surface area contributed by atoms with Crippen LogP contribution in [0.3, 0.4) is 0 Å². The molecule has 0 unspecified atom stereocenters. The van der Waals surface area contributed by atoms with Crippen LogP contribution in [0.4, 0.5) is 0 Å². The van der Waals surface area contributed by atoms with Gasteiger partial charge in [0.2, 0.25) is 0 Å². The number of nitrogens with zero attached hydrogens (tertiary/aromatic N) is 1. The molecule has 12 heavy (non-hydrogen) atoms. The molecule has 0 saturated heterocycles. The molecule has 0 fully saturated rings. The molecule has 0 saturated carbocycles. The van der Waals surface area contributed by atoms with Crippen molar-refractivity contribution in [3.05, 3.63) is 17.5 Å². The highest BCUT2D eigenvalue weighted by Gasteiger charge is 2.05. The van der Waals surface area contributed by atoms with Crippen LogP contribution in [0.15, 0.2) is 10.6 Å². The third-order valence-corrected chi connectivity index (χ3v) is 1.31. The van der Waals surface area contributed by atoms with E-state index in [2.05, 4.69) is 5.16 Å². The summed E-state index contributed by atoms with van der Waals surface area (Å²) in [7, 11) is 0. The smallest absolute Gasteiger partial charge is 0.139 e. The SMILES string of the molecule is CC.CC(C)c1cc(CO)no1. The Balaban J connectivity index is 0.000000561. The van der Waals surface area contributed by atoms with Crippen LogP contribution in [0.2, 0.25) is 0 Å². The summed E-state index contributed by atoms with van der Waals surface area (Å²) < 4.78 is 4.91. The van der Waals surface area contributed by atoms with Gasteiger partial charge in [0.15, 0.2) is 0 Å². The van der Waals surface area contributed by atoms with E-state index < -0.39 is 0 Å². The lowest BCUT2D eigenvalue weighted by molar-refractivity contribution is 0.264. The van der Waals surface area contributed by atoms with Crippen molar-refractivity contribution in [3.8, 4) is 0 Å². The molecular formula is C9H17NO2. The molecule has 1 N–H and O–H groups in total. The number of hydrogen-bond acceptors (Lipinski definition) is 3. The third kappa shape index (κ3) is 3.05. The van der Waals surface area contributed by atoms with Crippen molar-refractivity contribution in [1.29, 1.82) is 0 Å². The van der Waals surface area contributed by atoms with Gasteiger partial charge >= 0.3 is 0 Å². The van der Waals surface area contributed by atoms with Crippen LogP contribution in [0.1, 0.15) is 45.1 Å². The van der Waals surface area contributed by atoms with Gasteiger partial charge in [-0.2, -0.15) is 0 Å². The fourth-order valence-corrected chi connectivity index (χ4v) is 0.675. The van der Waals surface area contributed by atoms with Gasteiger partial charge in [0.1, 0.15) is 11.5 Å². The monoisotopic (exact) mass is 171 g/mol. The maximum Gasteiger partial charge on any atom is 0.139 e.